The van der Waals surface area contributed by atoms with Crippen molar-refractivity contribution in [3.63, 3.8) is 0 Å². The predicted octanol–water partition coefficient (Wildman–Crippen LogP) is 4.74. The molecule has 0 spiro atoms. The molecule has 1 heterocycles. The Labute approximate surface area is 187 Å². The number of hydrogen-bond acceptors (Lipinski definition) is 5. The van der Waals surface area contributed by atoms with Gasteiger partial charge < -0.3 is 20.4 Å². The number of carboxylic acids is 2. The molecule has 0 fully saturated rings. The molecule has 2 aromatic carbocycles. The van der Waals surface area contributed by atoms with E-state index in [1.165, 1.54) is 33.0 Å². The smallest absolute Gasteiger partial charge is 0.328 e. The van der Waals surface area contributed by atoms with E-state index in [1.807, 2.05) is 18.8 Å². The summed E-state index contributed by atoms with van der Waals surface area (Å²) in [5.74, 6) is -1.41. The van der Waals surface area contributed by atoms with E-state index in [2.05, 4.69) is 72.7 Å². The minimum Gasteiger partial charge on any atom is -0.478 e. The maximum Gasteiger partial charge on any atom is 0.328 e. The topological polar surface area (TPSA) is 89.9 Å². The monoisotopic (exact) mass is 440 g/mol. The van der Waals surface area contributed by atoms with Crippen molar-refractivity contribution >= 4 is 46.7 Å². The maximum absolute atomic E-state index is 9.55. The van der Waals surface area contributed by atoms with Crippen LogP contribution in [-0.2, 0) is 9.59 Å². The largest absolute Gasteiger partial charge is 0.478 e. The predicted molar refractivity (Wildman–Crippen MR) is 128 cm³/mol. The Bertz CT molecular complexity index is 969. The van der Waals surface area contributed by atoms with Crippen LogP contribution >= 0.6 is 11.8 Å². The number of anilines is 2. The molecule has 0 saturated heterocycles. The number of aliphatic carboxylic acids is 2. The van der Waals surface area contributed by atoms with Gasteiger partial charge in [0, 0.05) is 41.0 Å². The van der Waals surface area contributed by atoms with Crippen LogP contribution in [0.1, 0.15) is 24.5 Å². The highest BCUT2D eigenvalue weighted by molar-refractivity contribution is 7.99. The van der Waals surface area contributed by atoms with Crippen LogP contribution in [0.5, 0.6) is 0 Å². The van der Waals surface area contributed by atoms with Crippen LogP contribution in [0, 0.1) is 0 Å². The number of nitrogens with zero attached hydrogens (tertiary/aromatic N) is 1. The molecule has 1 aliphatic heterocycles. The molecular formula is C24H28N2O4S. The first kappa shape index (κ1) is 24.2. The molecule has 0 unspecified atom stereocenters. The highest BCUT2D eigenvalue weighted by Gasteiger charge is 2.19. The summed E-state index contributed by atoms with van der Waals surface area (Å²) in [6.07, 6.45) is 4.51. The first-order chi connectivity index (χ1) is 14.9. The van der Waals surface area contributed by atoms with Crippen molar-refractivity contribution in [1.82, 2.24) is 5.32 Å². The van der Waals surface area contributed by atoms with E-state index in [0.717, 1.165) is 18.7 Å². The van der Waals surface area contributed by atoms with Gasteiger partial charge in [-0.05, 0) is 67.2 Å². The lowest BCUT2D eigenvalue weighted by molar-refractivity contribution is -0.134. The standard InChI is InChI=1S/C20H24N2S.C4H4O4/c1-4-23-17-9-10-20-18(14-17)15(11-12-21-2)13-16-7-5-6-8-19(16)22(20)3;5-3(6)1-2-4(7)8/h5-10,13-14,21H,4,11-12H2,1-3H3;1-2H,(H,5,6)(H,7,8)/b;2-1+. The second-order valence-electron chi connectivity index (χ2n) is 6.76. The van der Waals surface area contributed by atoms with Gasteiger partial charge in [-0.15, -0.1) is 11.8 Å². The first-order valence-electron chi connectivity index (χ1n) is 9.96. The van der Waals surface area contributed by atoms with Crippen molar-refractivity contribution in [3.8, 4) is 0 Å². The molecule has 3 N–H and O–H groups in total. The van der Waals surface area contributed by atoms with Gasteiger partial charge in [0.25, 0.3) is 0 Å². The van der Waals surface area contributed by atoms with Crippen LogP contribution < -0.4 is 10.2 Å². The average molecular weight is 441 g/mol. The summed E-state index contributed by atoms with van der Waals surface area (Å²) in [5, 5.41) is 18.9. The molecule has 2 aromatic rings. The molecule has 0 aromatic heterocycles. The molecule has 164 valence electrons. The SMILES string of the molecule is CCSc1ccc2c(c1)C(CCNC)=Cc1ccccc1N2C.O=C(O)/C=C/C(=O)O. The molecular weight excluding hydrogens is 412 g/mol. The molecule has 0 amide bonds. The maximum atomic E-state index is 9.55. The molecule has 3 rings (SSSR count). The van der Waals surface area contributed by atoms with Crippen LogP contribution in [0.25, 0.3) is 11.6 Å². The fraction of sp³-hybridized carbons (Fsp3) is 0.250. The lowest BCUT2D eigenvalue weighted by Gasteiger charge is -2.23. The van der Waals surface area contributed by atoms with E-state index >= 15 is 0 Å². The summed E-state index contributed by atoms with van der Waals surface area (Å²) < 4.78 is 0. The Morgan fingerprint density at radius 2 is 1.74 bits per heavy atom. The van der Waals surface area contributed by atoms with E-state index in [1.54, 1.807) is 0 Å². The third-order valence-corrected chi connectivity index (χ3v) is 5.50. The van der Waals surface area contributed by atoms with Gasteiger partial charge >= 0.3 is 11.9 Å². The Morgan fingerprint density at radius 1 is 1.06 bits per heavy atom. The number of carbonyl (C=O) groups is 2. The first-order valence-corrected chi connectivity index (χ1v) is 10.9. The van der Waals surface area contributed by atoms with Crippen LogP contribution in [0.15, 0.2) is 59.5 Å². The number of fused-ring (bicyclic) bond motifs is 2. The second kappa shape index (κ2) is 12.0. The Morgan fingerprint density at radius 3 is 2.35 bits per heavy atom. The van der Waals surface area contributed by atoms with Crippen LogP contribution in [0.2, 0.25) is 0 Å². The lowest BCUT2D eigenvalue weighted by Crippen LogP contribution is -2.12. The Kier molecular flexibility index (Phi) is 9.37. The van der Waals surface area contributed by atoms with Gasteiger partial charge in [0.2, 0.25) is 0 Å². The van der Waals surface area contributed by atoms with Gasteiger partial charge in [0.15, 0.2) is 0 Å². The van der Waals surface area contributed by atoms with Crippen LogP contribution in [-0.4, -0.2) is 48.5 Å². The average Bonchev–Trinajstić information content (AvgIpc) is 2.86. The van der Waals surface area contributed by atoms with Crippen molar-refractivity contribution in [1.29, 1.82) is 0 Å². The number of rotatable bonds is 7. The number of thioether (sulfide) groups is 1. The molecule has 31 heavy (non-hydrogen) atoms. The fourth-order valence-electron chi connectivity index (χ4n) is 3.24. The van der Waals surface area contributed by atoms with E-state index in [9.17, 15) is 9.59 Å². The molecule has 6 nitrogen and oxygen atoms in total. The molecule has 7 heteroatoms. The van der Waals surface area contributed by atoms with Gasteiger partial charge in [-0.25, -0.2) is 9.59 Å². The van der Waals surface area contributed by atoms with Gasteiger partial charge in [-0.1, -0.05) is 25.1 Å². The lowest BCUT2D eigenvalue weighted by atomic mass is 9.99. The van der Waals surface area contributed by atoms with Crippen molar-refractivity contribution in [2.45, 2.75) is 18.2 Å². The number of para-hydroxylation sites is 1. The fourth-order valence-corrected chi connectivity index (χ4v) is 3.94. The minimum absolute atomic E-state index is 0.558. The summed E-state index contributed by atoms with van der Waals surface area (Å²) in [6.45, 7) is 3.19. The highest BCUT2D eigenvalue weighted by Crippen LogP contribution is 2.41. The van der Waals surface area contributed by atoms with E-state index in [4.69, 9.17) is 10.2 Å². The summed E-state index contributed by atoms with van der Waals surface area (Å²) in [4.78, 5) is 22.8. The zero-order valence-electron chi connectivity index (χ0n) is 18.0. The summed E-state index contributed by atoms with van der Waals surface area (Å²) >= 11 is 1.90. The number of nitrogens with one attached hydrogen (secondary N) is 1. The third kappa shape index (κ3) is 7.01. The van der Waals surface area contributed by atoms with E-state index < -0.39 is 11.9 Å². The second-order valence-corrected chi connectivity index (χ2v) is 8.10. The van der Waals surface area contributed by atoms with Crippen molar-refractivity contribution < 1.29 is 19.8 Å². The molecule has 0 atom stereocenters. The molecule has 0 saturated carbocycles. The number of hydrogen-bond donors (Lipinski definition) is 3. The van der Waals surface area contributed by atoms with Crippen LogP contribution in [0.4, 0.5) is 11.4 Å². The van der Waals surface area contributed by atoms with Crippen molar-refractivity contribution in [2.24, 2.45) is 0 Å². The number of carboxylic acid groups (broad SMARTS) is 2. The minimum atomic E-state index is -1.26. The van der Waals surface area contributed by atoms with Gasteiger partial charge in [0.05, 0.1) is 0 Å². The molecule has 0 radical (unpaired) electrons. The summed E-state index contributed by atoms with van der Waals surface area (Å²) in [6, 6.07) is 15.5. The quantitative estimate of drug-likeness (QED) is 0.423. The summed E-state index contributed by atoms with van der Waals surface area (Å²) in [5.41, 5.74) is 6.62. The molecule has 0 bridgehead atoms. The van der Waals surface area contributed by atoms with Crippen molar-refractivity contribution in [2.75, 3.05) is 31.3 Å². The van der Waals surface area contributed by atoms with Gasteiger partial charge in [0.1, 0.15) is 0 Å². The summed E-state index contributed by atoms with van der Waals surface area (Å²) in [7, 11) is 4.18. The zero-order valence-corrected chi connectivity index (χ0v) is 18.8. The Balaban J connectivity index is 0.000000366. The molecule has 0 aliphatic carbocycles. The highest BCUT2D eigenvalue weighted by atomic mass is 32.2. The van der Waals surface area contributed by atoms with Crippen LogP contribution in [0.3, 0.4) is 0 Å². The van der Waals surface area contributed by atoms with Gasteiger partial charge in [-0.2, -0.15) is 0 Å². The third-order valence-electron chi connectivity index (χ3n) is 4.63. The molecule has 1 aliphatic rings. The van der Waals surface area contributed by atoms with E-state index in [0.29, 0.717) is 12.2 Å². The number of benzene rings is 2. The Hall–Kier alpha value is -3.03. The van der Waals surface area contributed by atoms with Crippen molar-refractivity contribution in [3.05, 3.63) is 65.7 Å². The zero-order chi connectivity index (χ0) is 22.8. The van der Waals surface area contributed by atoms with E-state index in [-0.39, 0.29) is 0 Å². The normalized spacial score (nSPS) is 12.2. The van der Waals surface area contributed by atoms with Gasteiger partial charge in [-0.3, -0.25) is 0 Å².